The minimum absolute atomic E-state index is 0.0206. The molecular formula is C10H10N4O3. The van der Waals surface area contributed by atoms with Crippen LogP contribution in [0.15, 0.2) is 29.0 Å². The van der Waals surface area contributed by atoms with Crippen molar-refractivity contribution in [3.8, 4) is 0 Å². The minimum atomic E-state index is -0.472. The minimum Gasteiger partial charge on any atom is -0.362 e. The topological polar surface area (TPSA) is 94.1 Å². The highest BCUT2D eigenvalue weighted by Gasteiger charge is 2.09. The van der Waals surface area contributed by atoms with Crippen LogP contribution in [0.3, 0.4) is 0 Å². The zero-order chi connectivity index (χ0) is 12.3. The predicted molar refractivity (Wildman–Crippen MR) is 59.5 cm³/mol. The summed E-state index contributed by atoms with van der Waals surface area (Å²) in [6, 6.07) is 3.20. The SMILES string of the molecule is Cc1cc([N+](=O)[O-])cnc1NCc1ccno1. The second-order valence-corrected chi connectivity index (χ2v) is 3.45. The highest BCUT2D eigenvalue weighted by molar-refractivity contribution is 5.48. The molecule has 0 spiro atoms. The summed E-state index contributed by atoms with van der Waals surface area (Å²) in [5.41, 5.74) is 0.687. The molecule has 0 amide bonds. The fourth-order valence-corrected chi connectivity index (χ4v) is 1.35. The third kappa shape index (κ3) is 2.57. The van der Waals surface area contributed by atoms with E-state index in [1.54, 1.807) is 19.2 Å². The molecule has 0 aromatic carbocycles. The van der Waals surface area contributed by atoms with E-state index >= 15 is 0 Å². The van der Waals surface area contributed by atoms with E-state index in [4.69, 9.17) is 4.52 Å². The normalized spacial score (nSPS) is 10.2. The first-order chi connectivity index (χ1) is 8.16. The van der Waals surface area contributed by atoms with Crippen LogP contribution in [0.1, 0.15) is 11.3 Å². The largest absolute Gasteiger partial charge is 0.362 e. The van der Waals surface area contributed by atoms with Gasteiger partial charge in [-0.05, 0) is 12.5 Å². The van der Waals surface area contributed by atoms with Gasteiger partial charge in [0.15, 0.2) is 5.76 Å². The molecule has 7 heteroatoms. The number of nitrogens with one attached hydrogen (secondary N) is 1. The Morgan fingerprint density at radius 3 is 3.00 bits per heavy atom. The van der Waals surface area contributed by atoms with Gasteiger partial charge < -0.3 is 9.84 Å². The second kappa shape index (κ2) is 4.60. The van der Waals surface area contributed by atoms with Crippen molar-refractivity contribution in [3.63, 3.8) is 0 Å². The van der Waals surface area contributed by atoms with Crippen LogP contribution < -0.4 is 5.32 Å². The lowest BCUT2D eigenvalue weighted by molar-refractivity contribution is -0.385. The molecule has 2 heterocycles. The van der Waals surface area contributed by atoms with Gasteiger partial charge >= 0.3 is 0 Å². The molecule has 2 aromatic rings. The molecule has 0 aliphatic rings. The van der Waals surface area contributed by atoms with Gasteiger partial charge in [-0.3, -0.25) is 10.1 Å². The smallest absolute Gasteiger partial charge is 0.287 e. The van der Waals surface area contributed by atoms with E-state index in [9.17, 15) is 10.1 Å². The maximum absolute atomic E-state index is 10.5. The highest BCUT2D eigenvalue weighted by atomic mass is 16.6. The number of rotatable bonds is 4. The quantitative estimate of drug-likeness (QED) is 0.641. The summed E-state index contributed by atoms with van der Waals surface area (Å²) in [6.45, 7) is 2.19. The lowest BCUT2D eigenvalue weighted by atomic mass is 10.2. The van der Waals surface area contributed by atoms with Gasteiger partial charge in [0, 0.05) is 12.1 Å². The zero-order valence-corrected chi connectivity index (χ0v) is 9.08. The Bertz CT molecular complexity index is 524. The first kappa shape index (κ1) is 11.1. The van der Waals surface area contributed by atoms with Crippen LogP contribution in [-0.2, 0) is 6.54 Å². The molecule has 17 heavy (non-hydrogen) atoms. The second-order valence-electron chi connectivity index (χ2n) is 3.45. The third-order valence-corrected chi connectivity index (χ3v) is 2.20. The summed E-state index contributed by atoms with van der Waals surface area (Å²) in [7, 11) is 0. The lowest BCUT2D eigenvalue weighted by Gasteiger charge is -2.05. The van der Waals surface area contributed by atoms with Crippen molar-refractivity contribution >= 4 is 11.5 Å². The fraction of sp³-hybridized carbons (Fsp3) is 0.200. The van der Waals surface area contributed by atoms with Gasteiger partial charge in [0.2, 0.25) is 0 Å². The lowest BCUT2D eigenvalue weighted by Crippen LogP contribution is -2.03. The van der Waals surface area contributed by atoms with E-state index in [-0.39, 0.29) is 5.69 Å². The van der Waals surface area contributed by atoms with Crippen LogP contribution in [0, 0.1) is 17.0 Å². The van der Waals surface area contributed by atoms with E-state index in [1.807, 2.05) is 0 Å². The molecule has 0 atom stereocenters. The van der Waals surface area contributed by atoms with Gasteiger partial charge in [-0.25, -0.2) is 4.98 Å². The Morgan fingerprint density at radius 2 is 2.41 bits per heavy atom. The number of aryl methyl sites for hydroxylation is 1. The summed E-state index contributed by atoms with van der Waals surface area (Å²) in [5, 5.41) is 17.1. The maximum Gasteiger partial charge on any atom is 0.287 e. The van der Waals surface area contributed by atoms with Crippen molar-refractivity contribution in [1.29, 1.82) is 0 Å². The monoisotopic (exact) mass is 234 g/mol. The van der Waals surface area contributed by atoms with Crippen molar-refractivity contribution in [2.24, 2.45) is 0 Å². The molecule has 0 unspecified atom stereocenters. The summed E-state index contributed by atoms with van der Waals surface area (Å²) < 4.78 is 4.91. The number of aromatic nitrogens is 2. The van der Waals surface area contributed by atoms with Crippen molar-refractivity contribution in [1.82, 2.24) is 10.1 Å². The number of nitro groups is 1. The van der Waals surface area contributed by atoms with Crippen LogP contribution in [0.4, 0.5) is 11.5 Å². The van der Waals surface area contributed by atoms with Crippen LogP contribution >= 0.6 is 0 Å². The Hall–Kier alpha value is -2.44. The summed E-state index contributed by atoms with van der Waals surface area (Å²) >= 11 is 0. The number of pyridine rings is 1. The number of hydrogen-bond donors (Lipinski definition) is 1. The molecule has 88 valence electrons. The van der Waals surface area contributed by atoms with Gasteiger partial charge in [-0.2, -0.15) is 0 Å². The zero-order valence-electron chi connectivity index (χ0n) is 9.08. The summed E-state index contributed by atoms with van der Waals surface area (Å²) in [6.07, 6.45) is 2.77. The third-order valence-electron chi connectivity index (χ3n) is 2.20. The Morgan fingerprint density at radius 1 is 1.59 bits per heavy atom. The van der Waals surface area contributed by atoms with E-state index in [0.29, 0.717) is 23.7 Å². The van der Waals surface area contributed by atoms with Crippen LogP contribution in [0.2, 0.25) is 0 Å². The predicted octanol–water partition coefficient (Wildman–Crippen LogP) is 1.90. The molecule has 0 fully saturated rings. The number of nitrogens with zero attached hydrogens (tertiary/aromatic N) is 3. The van der Waals surface area contributed by atoms with E-state index in [0.717, 1.165) is 0 Å². The van der Waals surface area contributed by atoms with Crippen molar-refractivity contribution in [2.75, 3.05) is 5.32 Å². The Balaban J connectivity index is 2.09. The van der Waals surface area contributed by atoms with Crippen molar-refractivity contribution < 1.29 is 9.45 Å². The van der Waals surface area contributed by atoms with Crippen molar-refractivity contribution in [3.05, 3.63) is 46.0 Å². The molecular weight excluding hydrogens is 224 g/mol. The molecule has 0 radical (unpaired) electrons. The van der Waals surface area contributed by atoms with Gasteiger partial charge in [-0.15, -0.1) is 0 Å². The average Bonchev–Trinajstić information content (AvgIpc) is 2.80. The van der Waals surface area contributed by atoms with Gasteiger partial charge in [0.25, 0.3) is 5.69 Å². The first-order valence-electron chi connectivity index (χ1n) is 4.91. The number of hydrogen-bond acceptors (Lipinski definition) is 6. The summed E-state index contributed by atoms with van der Waals surface area (Å²) in [4.78, 5) is 14.0. The van der Waals surface area contributed by atoms with Gasteiger partial charge in [0.05, 0.1) is 17.7 Å². The molecule has 0 saturated heterocycles. The Kier molecular flexibility index (Phi) is 2.99. The number of anilines is 1. The maximum atomic E-state index is 10.5. The average molecular weight is 234 g/mol. The van der Waals surface area contributed by atoms with Crippen LogP contribution in [-0.4, -0.2) is 15.1 Å². The molecule has 2 rings (SSSR count). The standard InChI is InChI=1S/C10H10N4O3/c1-7-4-8(14(15)16)5-11-10(7)12-6-9-2-3-13-17-9/h2-5H,6H2,1H3,(H,11,12). The van der Waals surface area contributed by atoms with E-state index in [1.165, 1.54) is 12.3 Å². The Labute approximate surface area is 96.6 Å². The molecule has 0 bridgehead atoms. The van der Waals surface area contributed by atoms with Gasteiger partial charge in [0.1, 0.15) is 12.0 Å². The summed E-state index contributed by atoms with van der Waals surface area (Å²) in [5.74, 6) is 1.26. The van der Waals surface area contributed by atoms with Crippen LogP contribution in [0.25, 0.3) is 0 Å². The first-order valence-corrected chi connectivity index (χ1v) is 4.91. The van der Waals surface area contributed by atoms with Crippen molar-refractivity contribution in [2.45, 2.75) is 13.5 Å². The van der Waals surface area contributed by atoms with E-state index < -0.39 is 4.92 Å². The molecule has 2 aromatic heterocycles. The fourth-order valence-electron chi connectivity index (χ4n) is 1.35. The molecule has 1 N–H and O–H groups in total. The molecule has 0 aliphatic carbocycles. The van der Waals surface area contributed by atoms with Crippen LogP contribution in [0.5, 0.6) is 0 Å². The van der Waals surface area contributed by atoms with Gasteiger partial charge in [-0.1, -0.05) is 5.16 Å². The molecule has 7 nitrogen and oxygen atoms in total. The van der Waals surface area contributed by atoms with E-state index in [2.05, 4.69) is 15.5 Å². The molecule has 0 saturated carbocycles. The highest BCUT2D eigenvalue weighted by Crippen LogP contribution is 2.18. The molecule has 0 aliphatic heterocycles.